The van der Waals surface area contributed by atoms with Gasteiger partial charge in [-0.05, 0) is 42.0 Å². The molecule has 8 nitrogen and oxygen atoms in total. The molecule has 3 heterocycles. The molecule has 0 radical (unpaired) electrons. The molecule has 168 valence electrons. The monoisotopic (exact) mass is 445 g/mol. The van der Waals surface area contributed by atoms with Crippen molar-refractivity contribution in [1.29, 1.82) is 0 Å². The van der Waals surface area contributed by atoms with Crippen LogP contribution in [0.3, 0.4) is 0 Å². The molecule has 1 fully saturated rings. The lowest BCUT2D eigenvalue weighted by Crippen LogP contribution is -2.45. The molecule has 1 aliphatic heterocycles. The van der Waals surface area contributed by atoms with E-state index >= 15 is 0 Å². The van der Waals surface area contributed by atoms with Crippen molar-refractivity contribution in [1.82, 2.24) is 15.2 Å². The first-order chi connectivity index (χ1) is 16.0. The van der Waals surface area contributed by atoms with Crippen molar-refractivity contribution in [3.8, 4) is 28.6 Å². The predicted molar refractivity (Wildman–Crippen MR) is 123 cm³/mol. The van der Waals surface area contributed by atoms with Gasteiger partial charge in [0.15, 0.2) is 11.0 Å². The van der Waals surface area contributed by atoms with Crippen LogP contribution in [0.5, 0.6) is 17.2 Å². The molecule has 0 amide bonds. The molecule has 2 aromatic heterocycles. The fourth-order valence-corrected chi connectivity index (χ4v) is 4.33. The van der Waals surface area contributed by atoms with E-state index in [0.29, 0.717) is 17.7 Å². The number of phenolic OH excluding ortho intramolecular Hbond substituents is 3. The number of hydrogen-bond donors (Lipinski definition) is 4. The fraction of sp³-hybridized carbons (Fsp3) is 0.200. The summed E-state index contributed by atoms with van der Waals surface area (Å²) in [5.74, 6) is -0.0928. The number of piperazine rings is 1. The van der Waals surface area contributed by atoms with Crippen molar-refractivity contribution in [2.24, 2.45) is 0 Å². The van der Waals surface area contributed by atoms with Gasteiger partial charge in [0.25, 0.3) is 0 Å². The summed E-state index contributed by atoms with van der Waals surface area (Å²) in [6.45, 7) is 2.54. The third-order valence-corrected chi connectivity index (χ3v) is 6.02. The Balaban J connectivity index is 1.62. The van der Waals surface area contributed by atoms with Gasteiger partial charge >= 0.3 is 0 Å². The molecule has 0 bridgehead atoms. The number of hydrogen-bond acceptors (Lipinski definition) is 8. The summed E-state index contributed by atoms with van der Waals surface area (Å²) in [5.41, 5.74) is 1.85. The standard InChI is InChI=1S/C25H23N3O5/c29-17-3-1-16(2-4-17)23-12-22(32)24-21(31)11-20(30)18(25(24)33-23)14-28-10-9-27-13-19(28)15-5-7-26-8-6-15/h1-8,11-12,19,27,29-31H,9-10,13-14H2. The molecule has 1 aliphatic rings. The SMILES string of the molecule is O=c1cc(-c2ccc(O)cc2)oc2c(CN3CCNCC3c3ccncc3)c(O)cc(O)c12. The number of benzene rings is 2. The second kappa shape index (κ2) is 8.57. The van der Waals surface area contributed by atoms with E-state index in [1.807, 2.05) is 12.1 Å². The maximum atomic E-state index is 12.9. The summed E-state index contributed by atoms with van der Waals surface area (Å²) in [4.78, 5) is 19.2. The Morgan fingerprint density at radius 1 is 1.03 bits per heavy atom. The highest BCUT2D eigenvalue weighted by Crippen LogP contribution is 2.37. The second-order valence-corrected chi connectivity index (χ2v) is 8.09. The molecule has 5 rings (SSSR count). The summed E-state index contributed by atoms with van der Waals surface area (Å²) in [6.07, 6.45) is 3.50. The van der Waals surface area contributed by atoms with E-state index in [1.54, 1.807) is 24.5 Å². The fourth-order valence-electron chi connectivity index (χ4n) is 4.33. The largest absolute Gasteiger partial charge is 0.508 e. The van der Waals surface area contributed by atoms with Crippen LogP contribution < -0.4 is 10.7 Å². The van der Waals surface area contributed by atoms with Crippen molar-refractivity contribution < 1.29 is 19.7 Å². The highest BCUT2D eigenvalue weighted by molar-refractivity contribution is 5.89. The Bertz CT molecular complexity index is 1350. The molecule has 2 aromatic carbocycles. The Morgan fingerprint density at radius 2 is 1.79 bits per heavy atom. The van der Waals surface area contributed by atoms with Crippen molar-refractivity contribution in [2.45, 2.75) is 12.6 Å². The molecular formula is C25H23N3O5. The molecule has 0 spiro atoms. The Labute approximate surface area is 189 Å². The topological polar surface area (TPSA) is 119 Å². The van der Waals surface area contributed by atoms with Gasteiger partial charge in [-0.2, -0.15) is 0 Å². The van der Waals surface area contributed by atoms with Gasteiger partial charge < -0.3 is 25.1 Å². The molecule has 33 heavy (non-hydrogen) atoms. The number of phenols is 3. The van der Waals surface area contributed by atoms with Crippen molar-refractivity contribution in [3.05, 3.63) is 82.3 Å². The Morgan fingerprint density at radius 3 is 2.55 bits per heavy atom. The minimum Gasteiger partial charge on any atom is -0.508 e. The first kappa shape index (κ1) is 21.0. The van der Waals surface area contributed by atoms with Crippen molar-refractivity contribution in [2.75, 3.05) is 19.6 Å². The Hall–Kier alpha value is -3.88. The van der Waals surface area contributed by atoms with Crippen LogP contribution in [0.15, 0.2) is 70.1 Å². The lowest BCUT2D eigenvalue weighted by atomic mass is 10.0. The van der Waals surface area contributed by atoms with Gasteiger partial charge in [0, 0.05) is 62.3 Å². The average Bonchev–Trinajstić information content (AvgIpc) is 2.82. The normalized spacial score (nSPS) is 16.8. The van der Waals surface area contributed by atoms with Gasteiger partial charge in [0.05, 0.1) is 5.56 Å². The van der Waals surface area contributed by atoms with Gasteiger partial charge in [-0.1, -0.05) is 0 Å². The maximum Gasteiger partial charge on any atom is 0.197 e. The molecule has 8 heteroatoms. The van der Waals surface area contributed by atoms with Crippen LogP contribution >= 0.6 is 0 Å². The van der Waals surface area contributed by atoms with E-state index in [4.69, 9.17) is 4.42 Å². The summed E-state index contributed by atoms with van der Waals surface area (Å²) in [7, 11) is 0. The van der Waals surface area contributed by atoms with Gasteiger partial charge in [-0.15, -0.1) is 0 Å². The number of nitrogens with zero attached hydrogens (tertiary/aromatic N) is 2. The minimum absolute atomic E-state index is 0.0286. The molecule has 1 saturated heterocycles. The van der Waals surface area contributed by atoms with E-state index in [9.17, 15) is 20.1 Å². The zero-order valence-corrected chi connectivity index (χ0v) is 17.7. The molecular weight excluding hydrogens is 422 g/mol. The van der Waals surface area contributed by atoms with Gasteiger partial charge in [-0.25, -0.2) is 0 Å². The number of pyridine rings is 1. The molecule has 1 unspecified atom stereocenters. The number of aromatic hydroxyl groups is 3. The van der Waals surface area contributed by atoms with Crippen LogP contribution in [0, 0.1) is 0 Å². The third-order valence-electron chi connectivity index (χ3n) is 6.02. The number of aromatic nitrogens is 1. The van der Waals surface area contributed by atoms with E-state index in [2.05, 4.69) is 15.2 Å². The molecule has 1 atom stereocenters. The van der Waals surface area contributed by atoms with Crippen LogP contribution in [-0.2, 0) is 6.54 Å². The van der Waals surface area contributed by atoms with E-state index in [1.165, 1.54) is 24.3 Å². The quantitative estimate of drug-likeness (QED) is 0.378. The van der Waals surface area contributed by atoms with E-state index in [0.717, 1.165) is 25.2 Å². The molecule has 0 aliphatic carbocycles. The highest BCUT2D eigenvalue weighted by Gasteiger charge is 2.27. The van der Waals surface area contributed by atoms with Gasteiger partial charge in [0.1, 0.15) is 28.4 Å². The second-order valence-electron chi connectivity index (χ2n) is 8.09. The van der Waals surface area contributed by atoms with Gasteiger partial charge in [-0.3, -0.25) is 14.7 Å². The number of fused-ring (bicyclic) bond motifs is 1. The molecule has 4 N–H and O–H groups in total. The summed E-state index contributed by atoms with van der Waals surface area (Å²) < 4.78 is 6.09. The number of rotatable bonds is 4. The van der Waals surface area contributed by atoms with Crippen molar-refractivity contribution >= 4 is 11.0 Å². The van der Waals surface area contributed by atoms with Crippen LogP contribution in [0.4, 0.5) is 0 Å². The molecule has 0 saturated carbocycles. The zero-order chi connectivity index (χ0) is 22.9. The molecule has 4 aromatic rings. The van der Waals surface area contributed by atoms with Crippen LogP contribution in [0.2, 0.25) is 0 Å². The first-order valence-electron chi connectivity index (χ1n) is 10.7. The Kier molecular flexibility index (Phi) is 5.45. The zero-order valence-electron chi connectivity index (χ0n) is 17.7. The maximum absolute atomic E-state index is 12.9. The lowest BCUT2D eigenvalue weighted by molar-refractivity contribution is 0.152. The third kappa shape index (κ3) is 4.02. The average molecular weight is 445 g/mol. The predicted octanol–water partition coefficient (Wildman–Crippen LogP) is 3.12. The smallest absolute Gasteiger partial charge is 0.197 e. The van der Waals surface area contributed by atoms with E-state index < -0.39 is 5.43 Å². The van der Waals surface area contributed by atoms with E-state index in [-0.39, 0.29) is 40.0 Å². The van der Waals surface area contributed by atoms with Crippen molar-refractivity contribution in [3.63, 3.8) is 0 Å². The van der Waals surface area contributed by atoms with Crippen LogP contribution in [0.25, 0.3) is 22.3 Å². The van der Waals surface area contributed by atoms with Crippen LogP contribution in [0.1, 0.15) is 17.2 Å². The van der Waals surface area contributed by atoms with Crippen LogP contribution in [-0.4, -0.2) is 44.8 Å². The summed E-state index contributed by atoms with van der Waals surface area (Å²) >= 11 is 0. The van der Waals surface area contributed by atoms with Gasteiger partial charge in [0.2, 0.25) is 0 Å². The first-order valence-corrected chi connectivity index (χ1v) is 10.7. The summed E-state index contributed by atoms with van der Waals surface area (Å²) in [5, 5.41) is 34.2. The lowest BCUT2D eigenvalue weighted by Gasteiger charge is -2.36. The number of nitrogens with one attached hydrogen (secondary N) is 1. The minimum atomic E-state index is -0.413. The highest BCUT2D eigenvalue weighted by atomic mass is 16.3. The summed E-state index contributed by atoms with van der Waals surface area (Å²) in [6, 6.07) is 12.7.